The first kappa shape index (κ1) is 20.7. The molecule has 0 saturated carbocycles. The molecule has 1 aliphatic rings. The second-order valence-electron chi connectivity index (χ2n) is 7.24. The number of hydrogen-bond donors (Lipinski definition) is 4. The van der Waals surface area contributed by atoms with Crippen molar-refractivity contribution in [3.8, 4) is 5.75 Å². The van der Waals surface area contributed by atoms with Crippen LogP contribution in [0.2, 0.25) is 0 Å². The molecular formula is C19H27N3O5. The van der Waals surface area contributed by atoms with Gasteiger partial charge in [0.25, 0.3) is 0 Å². The summed E-state index contributed by atoms with van der Waals surface area (Å²) in [5.74, 6) is -1.97. The maximum absolute atomic E-state index is 12.8. The fraction of sp³-hybridized carbons (Fsp3) is 0.526. The van der Waals surface area contributed by atoms with Crippen molar-refractivity contribution in [3.63, 3.8) is 0 Å². The van der Waals surface area contributed by atoms with Gasteiger partial charge in [-0.25, -0.2) is 4.79 Å². The van der Waals surface area contributed by atoms with Gasteiger partial charge < -0.3 is 26.2 Å². The van der Waals surface area contributed by atoms with Crippen LogP contribution in [0, 0.1) is 5.92 Å². The highest BCUT2D eigenvalue weighted by atomic mass is 16.4. The number of carboxylic acids is 1. The number of nitrogens with two attached hydrogens (primary N) is 1. The summed E-state index contributed by atoms with van der Waals surface area (Å²) in [6.45, 7) is 3.95. The zero-order chi connectivity index (χ0) is 20.1. The van der Waals surface area contributed by atoms with E-state index < -0.39 is 30.0 Å². The Labute approximate surface area is 158 Å². The van der Waals surface area contributed by atoms with Gasteiger partial charge >= 0.3 is 5.97 Å². The SMILES string of the molecule is CC(C)[C@H](NC(=O)[C@@H](N)Cc1ccc(O)cc1)C(=O)N1CCC[C@H]1C(=O)O. The summed E-state index contributed by atoms with van der Waals surface area (Å²) in [5, 5.41) is 21.3. The molecule has 5 N–H and O–H groups in total. The molecular weight excluding hydrogens is 350 g/mol. The lowest BCUT2D eigenvalue weighted by Gasteiger charge is -2.30. The first-order valence-electron chi connectivity index (χ1n) is 9.08. The quantitative estimate of drug-likeness (QED) is 0.546. The standard InChI is InChI=1S/C19H27N3O5/c1-11(2)16(18(25)22-9-3-4-15(22)19(26)27)21-17(24)14(20)10-12-5-7-13(23)8-6-12/h5-8,11,14-16,23H,3-4,9-10,20H2,1-2H3,(H,21,24)(H,26,27)/t14-,15-,16-/m0/s1. The van der Waals surface area contributed by atoms with Crippen LogP contribution >= 0.6 is 0 Å². The molecule has 0 spiro atoms. The minimum absolute atomic E-state index is 0.126. The molecule has 1 heterocycles. The van der Waals surface area contributed by atoms with Gasteiger partial charge in [-0.2, -0.15) is 0 Å². The maximum atomic E-state index is 12.8. The molecule has 0 aliphatic carbocycles. The predicted octanol–water partition coefficient (Wildman–Crippen LogP) is 0.478. The molecule has 1 fully saturated rings. The highest BCUT2D eigenvalue weighted by Crippen LogP contribution is 2.20. The van der Waals surface area contributed by atoms with Crippen LogP contribution < -0.4 is 11.1 Å². The Morgan fingerprint density at radius 2 is 1.89 bits per heavy atom. The molecule has 2 amide bonds. The van der Waals surface area contributed by atoms with Crippen LogP contribution in [0.25, 0.3) is 0 Å². The van der Waals surface area contributed by atoms with Crippen molar-refractivity contribution in [3.05, 3.63) is 29.8 Å². The van der Waals surface area contributed by atoms with Crippen LogP contribution in [0.15, 0.2) is 24.3 Å². The third-order valence-electron chi connectivity index (χ3n) is 4.78. The van der Waals surface area contributed by atoms with Gasteiger partial charge in [-0.15, -0.1) is 0 Å². The van der Waals surface area contributed by atoms with Crippen LogP contribution in [0.5, 0.6) is 5.75 Å². The smallest absolute Gasteiger partial charge is 0.326 e. The Hall–Kier alpha value is -2.61. The van der Waals surface area contributed by atoms with E-state index >= 15 is 0 Å². The summed E-state index contributed by atoms with van der Waals surface area (Å²) in [7, 11) is 0. The number of carbonyl (C=O) groups is 3. The van der Waals surface area contributed by atoms with Gasteiger partial charge in [0.05, 0.1) is 6.04 Å². The molecule has 0 radical (unpaired) electrons. The molecule has 8 nitrogen and oxygen atoms in total. The Morgan fingerprint density at radius 3 is 2.44 bits per heavy atom. The molecule has 1 aromatic rings. The highest BCUT2D eigenvalue weighted by Gasteiger charge is 2.38. The van der Waals surface area contributed by atoms with E-state index in [2.05, 4.69) is 5.32 Å². The van der Waals surface area contributed by atoms with Crippen molar-refractivity contribution in [1.82, 2.24) is 10.2 Å². The van der Waals surface area contributed by atoms with Gasteiger partial charge in [0.2, 0.25) is 11.8 Å². The number of amides is 2. The number of rotatable bonds is 7. The summed E-state index contributed by atoms with van der Waals surface area (Å²) in [4.78, 5) is 38.0. The van der Waals surface area contributed by atoms with Gasteiger partial charge in [-0.3, -0.25) is 9.59 Å². The molecule has 0 bridgehead atoms. The lowest BCUT2D eigenvalue weighted by atomic mass is 10.0. The van der Waals surface area contributed by atoms with E-state index in [0.29, 0.717) is 19.4 Å². The van der Waals surface area contributed by atoms with Gasteiger partial charge in [-0.1, -0.05) is 26.0 Å². The molecule has 2 rings (SSSR count). The number of carboxylic acid groups (broad SMARTS) is 1. The van der Waals surface area contributed by atoms with Gasteiger partial charge in [0.1, 0.15) is 17.8 Å². The van der Waals surface area contributed by atoms with Crippen LogP contribution in [0.3, 0.4) is 0 Å². The zero-order valence-corrected chi connectivity index (χ0v) is 15.6. The van der Waals surface area contributed by atoms with Crippen molar-refractivity contribution < 1.29 is 24.6 Å². The van der Waals surface area contributed by atoms with Crippen molar-refractivity contribution in [1.29, 1.82) is 0 Å². The number of hydrogen-bond acceptors (Lipinski definition) is 5. The topological polar surface area (TPSA) is 133 Å². The Balaban J connectivity index is 2.03. The monoisotopic (exact) mass is 377 g/mol. The first-order valence-corrected chi connectivity index (χ1v) is 9.08. The number of aromatic hydroxyl groups is 1. The molecule has 0 aromatic heterocycles. The van der Waals surface area contributed by atoms with Gasteiger partial charge in [-0.05, 0) is 42.9 Å². The number of phenols is 1. The summed E-state index contributed by atoms with van der Waals surface area (Å²) in [5.41, 5.74) is 6.76. The van der Waals surface area contributed by atoms with Crippen molar-refractivity contribution in [2.24, 2.45) is 11.7 Å². The molecule has 148 valence electrons. The largest absolute Gasteiger partial charge is 0.508 e. The zero-order valence-electron chi connectivity index (χ0n) is 15.6. The minimum Gasteiger partial charge on any atom is -0.508 e. The second-order valence-corrected chi connectivity index (χ2v) is 7.24. The number of carbonyl (C=O) groups excluding carboxylic acids is 2. The van der Waals surface area contributed by atoms with E-state index in [1.165, 1.54) is 17.0 Å². The van der Waals surface area contributed by atoms with Crippen LogP contribution in [-0.4, -0.2) is 57.6 Å². The molecule has 3 atom stereocenters. The summed E-state index contributed by atoms with van der Waals surface area (Å²) < 4.78 is 0. The van der Waals surface area contributed by atoms with Gasteiger partial charge in [0, 0.05) is 6.54 Å². The average Bonchev–Trinajstić information content (AvgIpc) is 3.10. The molecule has 8 heteroatoms. The van der Waals surface area contributed by atoms with E-state index in [0.717, 1.165) is 5.56 Å². The maximum Gasteiger partial charge on any atom is 0.326 e. The Kier molecular flexibility index (Phi) is 6.79. The van der Waals surface area contributed by atoms with E-state index in [1.807, 2.05) is 0 Å². The Morgan fingerprint density at radius 1 is 1.26 bits per heavy atom. The number of aliphatic carboxylic acids is 1. The summed E-state index contributed by atoms with van der Waals surface area (Å²) in [6.07, 6.45) is 1.30. The molecule has 1 aliphatic heterocycles. The van der Waals surface area contributed by atoms with Crippen LogP contribution in [0.4, 0.5) is 0 Å². The number of benzene rings is 1. The van der Waals surface area contributed by atoms with Crippen molar-refractivity contribution in [2.75, 3.05) is 6.54 Å². The normalized spacial score (nSPS) is 19.0. The van der Waals surface area contributed by atoms with Gasteiger partial charge in [0.15, 0.2) is 0 Å². The lowest BCUT2D eigenvalue weighted by molar-refractivity contribution is -0.150. The fourth-order valence-electron chi connectivity index (χ4n) is 3.22. The van der Waals surface area contributed by atoms with E-state index in [-0.39, 0.29) is 24.0 Å². The average molecular weight is 377 g/mol. The Bertz CT molecular complexity index is 689. The molecule has 1 aromatic carbocycles. The fourth-order valence-corrected chi connectivity index (χ4v) is 3.22. The first-order chi connectivity index (χ1) is 12.7. The third-order valence-corrected chi connectivity index (χ3v) is 4.78. The number of nitrogens with one attached hydrogen (secondary N) is 1. The number of phenolic OH excluding ortho intramolecular Hbond substituents is 1. The van der Waals surface area contributed by atoms with Crippen LogP contribution in [0.1, 0.15) is 32.3 Å². The highest BCUT2D eigenvalue weighted by molar-refractivity contribution is 5.92. The number of nitrogens with zero attached hydrogens (tertiary/aromatic N) is 1. The van der Waals surface area contributed by atoms with E-state index in [1.54, 1.807) is 26.0 Å². The lowest BCUT2D eigenvalue weighted by Crippen LogP contribution is -2.56. The molecule has 0 unspecified atom stereocenters. The third kappa shape index (κ3) is 5.19. The molecule has 1 saturated heterocycles. The van der Waals surface area contributed by atoms with Crippen LogP contribution in [-0.2, 0) is 20.8 Å². The molecule has 27 heavy (non-hydrogen) atoms. The predicted molar refractivity (Wildman–Crippen MR) is 98.9 cm³/mol. The number of likely N-dealkylation sites (tertiary alicyclic amines) is 1. The second kappa shape index (κ2) is 8.85. The minimum atomic E-state index is -1.03. The van der Waals surface area contributed by atoms with E-state index in [9.17, 15) is 24.6 Å². The van der Waals surface area contributed by atoms with Crippen molar-refractivity contribution in [2.45, 2.75) is 51.2 Å². The van der Waals surface area contributed by atoms with E-state index in [4.69, 9.17) is 5.73 Å². The summed E-state index contributed by atoms with van der Waals surface area (Å²) >= 11 is 0. The summed E-state index contributed by atoms with van der Waals surface area (Å²) in [6, 6.07) is 3.84. The van der Waals surface area contributed by atoms with Crippen molar-refractivity contribution >= 4 is 17.8 Å².